The fraction of sp³-hybridized carbons (Fsp3) is 1.00. The summed E-state index contributed by atoms with van der Waals surface area (Å²) >= 11 is 0. The van der Waals surface area contributed by atoms with E-state index < -0.39 is 0 Å². The van der Waals surface area contributed by atoms with Gasteiger partial charge in [0.1, 0.15) is 0 Å². The van der Waals surface area contributed by atoms with Crippen molar-refractivity contribution >= 4 is 0 Å². The monoisotopic (exact) mass is 334 g/mol. The van der Waals surface area contributed by atoms with Crippen molar-refractivity contribution < 1.29 is 0 Å². The Bertz CT molecular complexity index is 302. The number of hydrogen-bond acceptors (Lipinski definition) is 0. The standard InChI is InChI=1S/C24H46/c1-4-7-9-10-11-21-12-14-22(15-13-21)23-16-19-24(6-3,20-17-23)18-8-5-2/h21-23H,4-20H2,1-3H3. The quantitative estimate of drug-likeness (QED) is 0.351. The van der Waals surface area contributed by atoms with Gasteiger partial charge in [-0.2, -0.15) is 0 Å². The molecule has 0 aliphatic heterocycles. The molecule has 2 aliphatic rings. The van der Waals surface area contributed by atoms with Crippen molar-refractivity contribution in [1.29, 1.82) is 0 Å². The summed E-state index contributed by atoms with van der Waals surface area (Å²) in [6, 6.07) is 0. The molecule has 0 aromatic rings. The zero-order valence-corrected chi connectivity index (χ0v) is 17.3. The Morgan fingerprint density at radius 2 is 1.29 bits per heavy atom. The third kappa shape index (κ3) is 6.06. The normalized spacial score (nSPS) is 34.4. The highest BCUT2D eigenvalue weighted by Crippen LogP contribution is 2.49. The molecule has 0 unspecified atom stereocenters. The van der Waals surface area contributed by atoms with E-state index in [0.717, 1.165) is 23.2 Å². The molecular formula is C24H46. The van der Waals surface area contributed by atoms with Crippen LogP contribution in [-0.4, -0.2) is 0 Å². The molecule has 0 heterocycles. The fourth-order valence-corrected chi connectivity index (χ4v) is 5.86. The van der Waals surface area contributed by atoms with Crippen LogP contribution in [-0.2, 0) is 0 Å². The lowest BCUT2D eigenvalue weighted by Crippen LogP contribution is -2.31. The zero-order chi connectivity index (χ0) is 17.3. The van der Waals surface area contributed by atoms with Crippen LogP contribution in [0.2, 0.25) is 0 Å². The molecule has 0 bridgehead atoms. The van der Waals surface area contributed by atoms with E-state index in [-0.39, 0.29) is 0 Å². The van der Waals surface area contributed by atoms with Crippen molar-refractivity contribution in [3.05, 3.63) is 0 Å². The minimum atomic E-state index is 0.739. The predicted molar refractivity (Wildman–Crippen MR) is 108 cm³/mol. The van der Waals surface area contributed by atoms with E-state index in [1.165, 1.54) is 57.8 Å². The van der Waals surface area contributed by atoms with Crippen LogP contribution in [0, 0.1) is 23.2 Å². The van der Waals surface area contributed by atoms with Gasteiger partial charge in [0.05, 0.1) is 0 Å². The maximum absolute atomic E-state index is 2.46. The highest BCUT2D eigenvalue weighted by atomic mass is 14.4. The summed E-state index contributed by atoms with van der Waals surface area (Å²) < 4.78 is 0. The molecule has 2 saturated carbocycles. The first-order chi connectivity index (χ1) is 11.7. The van der Waals surface area contributed by atoms with E-state index in [9.17, 15) is 0 Å². The number of unbranched alkanes of at least 4 members (excludes halogenated alkanes) is 4. The van der Waals surface area contributed by atoms with Gasteiger partial charge < -0.3 is 0 Å². The first-order valence-corrected chi connectivity index (χ1v) is 11.7. The predicted octanol–water partition coefficient (Wildman–Crippen LogP) is 8.54. The topological polar surface area (TPSA) is 0 Å². The van der Waals surface area contributed by atoms with E-state index in [0.29, 0.717) is 0 Å². The molecule has 2 aliphatic carbocycles. The lowest BCUT2D eigenvalue weighted by atomic mass is 9.62. The smallest absolute Gasteiger partial charge is 0.0300 e. The van der Waals surface area contributed by atoms with Crippen LogP contribution in [0.25, 0.3) is 0 Å². The van der Waals surface area contributed by atoms with Crippen LogP contribution in [0.1, 0.15) is 130 Å². The Hall–Kier alpha value is 0. The summed E-state index contributed by atoms with van der Waals surface area (Å²) in [6.45, 7) is 7.14. The van der Waals surface area contributed by atoms with Crippen LogP contribution in [0.4, 0.5) is 0 Å². The van der Waals surface area contributed by atoms with Crippen molar-refractivity contribution in [2.24, 2.45) is 23.2 Å². The summed E-state index contributed by atoms with van der Waals surface area (Å²) in [4.78, 5) is 0. The molecule has 0 heteroatoms. The second-order valence-corrected chi connectivity index (χ2v) is 9.42. The van der Waals surface area contributed by atoms with Gasteiger partial charge in [-0.1, -0.05) is 85.0 Å². The highest BCUT2D eigenvalue weighted by Gasteiger charge is 2.36. The van der Waals surface area contributed by atoms with Gasteiger partial charge in [0, 0.05) is 0 Å². The second kappa shape index (κ2) is 10.9. The largest absolute Gasteiger partial charge is 0.0654 e. The van der Waals surface area contributed by atoms with Crippen LogP contribution in [0.15, 0.2) is 0 Å². The molecule has 0 radical (unpaired) electrons. The van der Waals surface area contributed by atoms with Gasteiger partial charge in [-0.3, -0.25) is 0 Å². The van der Waals surface area contributed by atoms with Crippen molar-refractivity contribution in [2.75, 3.05) is 0 Å². The maximum Gasteiger partial charge on any atom is -0.0300 e. The molecular weight excluding hydrogens is 288 g/mol. The molecule has 0 amide bonds. The molecule has 0 aromatic heterocycles. The molecule has 24 heavy (non-hydrogen) atoms. The van der Waals surface area contributed by atoms with E-state index in [1.807, 2.05) is 0 Å². The summed E-state index contributed by atoms with van der Waals surface area (Å²) in [7, 11) is 0. The fourth-order valence-electron chi connectivity index (χ4n) is 5.86. The zero-order valence-electron chi connectivity index (χ0n) is 17.3. The number of hydrogen-bond donors (Lipinski definition) is 0. The Morgan fingerprint density at radius 3 is 1.88 bits per heavy atom. The van der Waals surface area contributed by atoms with Gasteiger partial charge in [0.2, 0.25) is 0 Å². The summed E-state index contributed by atoms with van der Waals surface area (Å²) in [6.07, 6.45) is 25.6. The van der Waals surface area contributed by atoms with Gasteiger partial charge in [0.25, 0.3) is 0 Å². The van der Waals surface area contributed by atoms with Crippen LogP contribution < -0.4 is 0 Å². The lowest BCUT2D eigenvalue weighted by Gasteiger charge is -2.44. The van der Waals surface area contributed by atoms with Crippen molar-refractivity contribution in [1.82, 2.24) is 0 Å². The van der Waals surface area contributed by atoms with Gasteiger partial charge in [-0.05, 0) is 68.1 Å². The Kier molecular flexibility index (Phi) is 9.20. The third-order valence-corrected chi connectivity index (χ3v) is 7.93. The van der Waals surface area contributed by atoms with E-state index >= 15 is 0 Å². The van der Waals surface area contributed by atoms with Gasteiger partial charge in [-0.15, -0.1) is 0 Å². The molecule has 2 rings (SSSR count). The van der Waals surface area contributed by atoms with E-state index in [4.69, 9.17) is 0 Å². The van der Waals surface area contributed by atoms with Gasteiger partial charge in [0.15, 0.2) is 0 Å². The van der Waals surface area contributed by atoms with Crippen LogP contribution in [0.3, 0.4) is 0 Å². The minimum Gasteiger partial charge on any atom is -0.0654 e. The van der Waals surface area contributed by atoms with Crippen molar-refractivity contribution in [3.63, 3.8) is 0 Å². The SMILES string of the molecule is CCCCCCC1CCC(C2CCC(CC)(CCCC)CC2)CC1. The highest BCUT2D eigenvalue weighted by molar-refractivity contribution is 4.88. The van der Waals surface area contributed by atoms with Crippen LogP contribution >= 0.6 is 0 Å². The van der Waals surface area contributed by atoms with Gasteiger partial charge >= 0.3 is 0 Å². The third-order valence-electron chi connectivity index (χ3n) is 7.93. The van der Waals surface area contributed by atoms with E-state index in [2.05, 4.69) is 20.8 Å². The molecule has 0 aromatic carbocycles. The molecule has 0 saturated heterocycles. The first kappa shape index (κ1) is 20.3. The molecule has 0 atom stereocenters. The van der Waals surface area contributed by atoms with E-state index in [1.54, 1.807) is 51.4 Å². The molecule has 0 nitrogen and oxygen atoms in total. The molecule has 142 valence electrons. The molecule has 2 fully saturated rings. The van der Waals surface area contributed by atoms with Crippen LogP contribution in [0.5, 0.6) is 0 Å². The average molecular weight is 335 g/mol. The summed E-state index contributed by atoms with van der Waals surface area (Å²) in [5, 5.41) is 0. The molecule has 0 N–H and O–H groups in total. The Balaban J connectivity index is 1.66. The lowest BCUT2D eigenvalue weighted by molar-refractivity contribution is 0.0801. The molecule has 0 spiro atoms. The average Bonchev–Trinajstić information content (AvgIpc) is 2.65. The Morgan fingerprint density at radius 1 is 0.667 bits per heavy atom. The number of rotatable bonds is 10. The van der Waals surface area contributed by atoms with Crippen molar-refractivity contribution in [3.8, 4) is 0 Å². The van der Waals surface area contributed by atoms with Crippen molar-refractivity contribution in [2.45, 2.75) is 130 Å². The van der Waals surface area contributed by atoms with Gasteiger partial charge in [-0.25, -0.2) is 0 Å². The maximum atomic E-state index is 2.46. The summed E-state index contributed by atoms with van der Waals surface area (Å²) in [5.74, 6) is 3.27. The minimum absolute atomic E-state index is 0.739. The Labute approximate surface area is 153 Å². The summed E-state index contributed by atoms with van der Waals surface area (Å²) in [5.41, 5.74) is 0.739. The second-order valence-electron chi connectivity index (χ2n) is 9.42. The first-order valence-electron chi connectivity index (χ1n) is 11.7.